The van der Waals surface area contributed by atoms with Gasteiger partial charge < -0.3 is 14.5 Å². The number of hydrogen-bond donors (Lipinski definition) is 0. The maximum absolute atomic E-state index is 13.2. The summed E-state index contributed by atoms with van der Waals surface area (Å²) in [4.78, 5) is 16.4. The van der Waals surface area contributed by atoms with Crippen LogP contribution >= 0.6 is 11.8 Å². The van der Waals surface area contributed by atoms with E-state index in [9.17, 15) is 18.0 Å². The smallest absolute Gasteiger partial charge is 0.416 e. The minimum absolute atomic E-state index is 0.172. The molecule has 2 aliphatic rings. The summed E-state index contributed by atoms with van der Waals surface area (Å²) in [5, 5.41) is 0. The predicted molar refractivity (Wildman–Crippen MR) is 99.2 cm³/mol. The molecule has 1 atom stereocenters. The number of carbonyl (C=O) groups excluding carboxylic acids is 1. The summed E-state index contributed by atoms with van der Waals surface area (Å²) in [5.41, 5.74) is 1.01. The van der Waals surface area contributed by atoms with E-state index in [0.29, 0.717) is 28.8 Å². The highest BCUT2D eigenvalue weighted by atomic mass is 32.2. The van der Waals surface area contributed by atoms with Crippen molar-refractivity contribution >= 4 is 29.0 Å². The van der Waals surface area contributed by atoms with Crippen LogP contribution in [0.1, 0.15) is 11.1 Å². The van der Waals surface area contributed by atoms with Crippen LogP contribution in [-0.2, 0) is 17.5 Å². The Bertz CT molecular complexity index is 887. The number of anilines is 2. The van der Waals surface area contributed by atoms with Crippen LogP contribution in [0.5, 0.6) is 5.75 Å². The third kappa shape index (κ3) is 3.22. The van der Waals surface area contributed by atoms with Gasteiger partial charge in [-0.25, -0.2) is 0 Å². The fourth-order valence-electron chi connectivity index (χ4n) is 3.46. The fourth-order valence-corrected chi connectivity index (χ4v) is 4.63. The van der Waals surface area contributed by atoms with Crippen LogP contribution in [0.4, 0.5) is 24.5 Å². The van der Waals surface area contributed by atoms with Gasteiger partial charge in [0.15, 0.2) is 0 Å². The second-order valence-electron chi connectivity index (χ2n) is 6.46. The van der Waals surface area contributed by atoms with Gasteiger partial charge in [0.2, 0.25) is 0 Å². The topological polar surface area (TPSA) is 32.8 Å². The highest BCUT2D eigenvalue weighted by Crippen LogP contribution is 2.44. The molecule has 27 heavy (non-hydrogen) atoms. The number of halogens is 3. The van der Waals surface area contributed by atoms with Gasteiger partial charge in [-0.3, -0.25) is 4.79 Å². The number of hydrogen-bond acceptors (Lipinski definition) is 4. The number of amides is 1. The first-order valence-electron chi connectivity index (χ1n) is 8.38. The molecule has 0 N–H and O–H groups in total. The minimum Gasteiger partial charge on any atom is -0.497 e. The lowest BCUT2D eigenvalue weighted by atomic mass is 10.0. The summed E-state index contributed by atoms with van der Waals surface area (Å²) in [6.07, 6.45) is -4.46. The van der Waals surface area contributed by atoms with Gasteiger partial charge in [0.1, 0.15) is 11.8 Å². The summed E-state index contributed by atoms with van der Waals surface area (Å²) < 4.78 is 44.9. The minimum atomic E-state index is -4.46. The van der Waals surface area contributed by atoms with E-state index >= 15 is 0 Å². The van der Waals surface area contributed by atoms with E-state index in [4.69, 9.17) is 4.74 Å². The average Bonchev–Trinajstić information content (AvgIpc) is 3.14. The number of ether oxygens (including phenoxy) is 1. The Kier molecular flexibility index (Phi) is 4.46. The van der Waals surface area contributed by atoms with Gasteiger partial charge in [0, 0.05) is 5.75 Å². The molecular weight excluding hydrogens is 377 g/mol. The van der Waals surface area contributed by atoms with Gasteiger partial charge in [0.25, 0.3) is 5.91 Å². The number of benzene rings is 2. The third-order valence-corrected chi connectivity index (χ3v) is 5.82. The Morgan fingerprint density at radius 3 is 2.74 bits per heavy atom. The first kappa shape index (κ1) is 18.0. The van der Waals surface area contributed by atoms with Crippen molar-refractivity contribution in [3.05, 3.63) is 53.6 Å². The molecule has 2 aliphatic heterocycles. The summed E-state index contributed by atoms with van der Waals surface area (Å²) in [7, 11) is 1.55. The van der Waals surface area contributed by atoms with E-state index in [1.54, 1.807) is 37.1 Å². The fraction of sp³-hybridized carbons (Fsp3) is 0.316. The zero-order valence-corrected chi connectivity index (χ0v) is 15.3. The molecule has 0 spiro atoms. The molecule has 2 heterocycles. The predicted octanol–water partition coefficient (Wildman–Crippen LogP) is 4.14. The van der Waals surface area contributed by atoms with Gasteiger partial charge >= 0.3 is 6.18 Å². The molecule has 0 aromatic heterocycles. The zero-order chi connectivity index (χ0) is 19.2. The van der Waals surface area contributed by atoms with Gasteiger partial charge in [0.05, 0.1) is 36.5 Å². The monoisotopic (exact) mass is 394 g/mol. The standard InChI is InChI=1S/C19H17F3N2O2S/c1-26-14-4-2-3-12(7-14)9-23-16-8-13(19(20,21)22)5-6-15(16)24-11-27-10-17(24)18(23)25/h2-8,17H,9-11H2,1H3. The van der Waals surface area contributed by atoms with Crippen LogP contribution in [-0.4, -0.2) is 30.7 Å². The Morgan fingerprint density at radius 1 is 1.19 bits per heavy atom. The summed E-state index contributed by atoms with van der Waals surface area (Å²) >= 11 is 1.61. The maximum Gasteiger partial charge on any atom is 0.416 e. The molecule has 1 saturated heterocycles. The van der Waals surface area contributed by atoms with E-state index in [1.807, 2.05) is 11.0 Å². The van der Waals surface area contributed by atoms with Crippen molar-refractivity contribution in [3.8, 4) is 5.75 Å². The number of alkyl halides is 3. The lowest BCUT2D eigenvalue weighted by Gasteiger charge is -2.39. The number of thioether (sulfide) groups is 1. The molecule has 1 unspecified atom stereocenters. The molecule has 0 saturated carbocycles. The van der Waals surface area contributed by atoms with Crippen LogP contribution in [0, 0.1) is 0 Å². The molecule has 0 aliphatic carbocycles. The number of fused-ring (bicyclic) bond motifs is 3. The van der Waals surface area contributed by atoms with Gasteiger partial charge in [-0.05, 0) is 35.9 Å². The van der Waals surface area contributed by atoms with E-state index in [2.05, 4.69) is 0 Å². The second-order valence-corrected chi connectivity index (χ2v) is 7.46. The van der Waals surface area contributed by atoms with Crippen LogP contribution in [0.2, 0.25) is 0 Å². The lowest BCUT2D eigenvalue weighted by Crippen LogP contribution is -2.51. The van der Waals surface area contributed by atoms with Crippen molar-refractivity contribution in [2.45, 2.75) is 18.8 Å². The van der Waals surface area contributed by atoms with Crippen molar-refractivity contribution in [2.75, 3.05) is 28.5 Å². The van der Waals surface area contributed by atoms with Crippen molar-refractivity contribution in [2.24, 2.45) is 0 Å². The van der Waals surface area contributed by atoms with Gasteiger partial charge in [-0.1, -0.05) is 12.1 Å². The van der Waals surface area contributed by atoms with Crippen LogP contribution in [0.25, 0.3) is 0 Å². The largest absolute Gasteiger partial charge is 0.497 e. The molecule has 4 rings (SSSR count). The number of methoxy groups -OCH3 is 1. The maximum atomic E-state index is 13.2. The van der Waals surface area contributed by atoms with Crippen molar-refractivity contribution in [1.29, 1.82) is 0 Å². The zero-order valence-electron chi connectivity index (χ0n) is 14.5. The molecule has 1 amide bonds. The highest BCUT2D eigenvalue weighted by Gasteiger charge is 2.42. The normalized spacial score (nSPS) is 19.1. The Labute approximate surface area is 158 Å². The molecule has 1 fully saturated rings. The SMILES string of the molecule is COc1cccc(CN2C(=O)C3CSCN3c3ccc(C(F)(F)F)cc32)c1. The molecule has 142 valence electrons. The number of nitrogens with zero attached hydrogens (tertiary/aromatic N) is 2. The lowest BCUT2D eigenvalue weighted by molar-refractivity contribution is -0.137. The van der Waals surface area contributed by atoms with Crippen molar-refractivity contribution < 1.29 is 22.7 Å². The van der Waals surface area contributed by atoms with Gasteiger partial charge in [-0.2, -0.15) is 13.2 Å². The molecule has 0 radical (unpaired) electrons. The Balaban J connectivity index is 1.78. The van der Waals surface area contributed by atoms with E-state index in [0.717, 1.165) is 17.7 Å². The van der Waals surface area contributed by atoms with Crippen molar-refractivity contribution in [3.63, 3.8) is 0 Å². The second kappa shape index (κ2) is 6.67. The van der Waals surface area contributed by atoms with Crippen LogP contribution < -0.4 is 14.5 Å². The number of carbonyl (C=O) groups is 1. The summed E-state index contributed by atoms with van der Waals surface area (Å²) in [6, 6.07) is 10.5. The van der Waals surface area contributed by atoms with Crippen LogP contribution in [0.15, 0.2) is 42.5 Å². The molecule has 2 aromatic carbocycles. The van der Waals surface area contributed by atoms with E-state index in [1.165, 1.54) is 11.0 Å². The van der Waals surface area contributed by atoms with Gasteiger partial charge in [-0.15, -0.1) is 11.8 Å². The summed E-state index contributed by atoms with van der Waals surface area (Å²) in [5.74, 6) is 1.70. The van der Waals surface area contributed by atoms with E-state index < -0.39 is 11.7 Å². The summed E-state index contributed by atoms with van der Waals surface area (Å²) in [6.45, 7) is 0.194. The van der Waals surface area contributed by atoms with Crippen molar-refractivity contribution in [1.82, 2.24) is 0 Å². The molecule has 8 heteroatoms. The molecule has 0 bridgehead atoms. The quantitative estimate of drug-likeness (QED) is 0.783. The molecular formula is C19H17F3N2O2S. The average molecular weight is 394 g/mol. The van der Waals surface area contributed by atoms with E-state index in [-0.39, 0.29) is 18.5 Å². The number of rotatable bonds is 3. The first-order chi connectivity index (χ1) is 12.9. The molecule has 2 aromatic rings. The third-order valence-electron chi connectivity index (χ3n) is 4.81. The van der Waals surface area contributed by atoms with Crippen LogP contribution in [0.3, 0.4) is 0 Å². The molecule has 4 nitrogen and oxygen atoms in total. The Hall–Kier alpha value is -2.35. The first-order valence-corrected chi connectivity index (χ1v) is 9.54. The Morgan fingerprint density at radius 2 is 2.00 bits per heavy atom. The highest BCUT2D eigenvalue weighted by molar-refractivity contribution is 7.99.